The molecule has 2 rings (SSSR count). The Morgan fingerprint density at radius 3 is 2.53 bits per heavy atom. The fourth-order valence-corrected chi connectivity index (χ4v) is 1.70. The van der Waals surface area contributed by atoms with Crippen LogP contribution < -0.4 is 5.32 Å². The van der Waals surface area contributed by atoms with Gasteiger partial charge in [0.05, 0.1) is 0 Å². The van der Waals surface area contributed by atoms with Crippen LogP contribution in [0.25, 0.3) is 0 Å². The zero-order valence-corrected chi connectivity index (χ0v) is 9.95. The largest absolute Gasteiger partial charge is 0.340 e. The summed E-state index contributed by atoms with van der Waals surface area (Å²) >= 11 is 0. The Hall–Kier alpha value is -2.13. The quantitative estimate of drug-likeness (QED) is 0.505. The molecule has 0 fully saturated rings. The van der Waals surface area contributed by atoms with Crippen molar-refractivity contribution in [1.82, 2.24) is 9.97 Å². The Labute approximate surface area is 106 Å². The van der Waals surface area contributed by atoms with E-state index >= 15 is 0 Å². The van der Waals surface area contributed by atoms with Crippen molar-refractivity contribution in [3.63, 3.8) is 0 Å². The number of benzene rings is 1. The molecule has 0 atom stereocenters. The van der Waals surface area contributed by atoms with Gasteiger partial charge in [0.25, 0.3) is 10.1 Å². The van der Waals surface area contributed by atoms with E-state index in [0.717, 1.165) is 12.1 Å². The average molecular weight is 286 g/mol. The minimum atomic E-state index is -4.33. The van der Waals surface area contributed by atoms with E-state index in [1.54, 1.807) is 0 Å². The number of rotatable bonds is 3. The van der Waals surface area contributed by atoms with Crippen molar-refractivity contribution in [2.75, 3.05) is 5.32 Å². The van der Waals surface area contributed by atoms with Crippen LogP contribution in [0.2, 0.25) is 0 Å². The highest BCUT2D eigenvalue weighted by atomic mass is 32.2. The first-order chi connectivity index (χ1) is 8.84. The second-order valence-electron chi connectivity index (χ2n) is 3.39. The summed E-state index contributed by atoms with van der Waals surface area (Å²) in [5, 5.41) is 2.53. The van der Waals surface area contributed by atoms with Crippen molar-refractivity contribution in [3.8, 4) is 0 Å². The van der Waals surface area contributed by atoms with Crippen LogP contribution in [-0.2, 0) is 10.1 Å². The Balaban J connectivity index is 2.24. The summed E-state index contributed by atoms with van der Waals surface area (Å²) in [5.74, 6) is -1.19. The van der Waals surface area contributed by atoms with Crippen molar-refractivity contribution in [1.29, 1.82) is 0 Å². The molecule has 1 aromatic heterocycles. The van der Waals surface area contributed by atoms with Gasteiger partial charge in [0.1, 0.15) is 10.7 Å². The third kappa shape index (κ3) is 3.42. The van der Waals surface area contributed by atoms with Gasteiger partial charge in [-0.25, -0.2) is 0 Å². The molecule has 0 aliphatic carbocycles. The molecule has 99 valence electrons. The standard InChI is InChI=1S/C10H6F2N3O3S/c11-8-5-9(15-10(12)14-8)13-6-1-3-7(4-2-6)19(16,17)18/h1-3,5H,(H,13,14,15)(H,16,17,18). The van der Waals surface area contributed by atoms with Crippen LogP contribution in [0.1, 0.15) is 0 Å². The van der Waals surface area contributed by atoms with E-state index in [4.69, 9.17) is 4.55 Å². The van der Waals surface area contributed by atoms with Crippen molar-refractivity contribution in [3.05, 3.63) is 42.4 Å². The maximum absolute atomic E-state index is 12.8. The van der Waals surface area contributed by atoms with Crippen LogP contribution in [0.4, 0.5) is 20.3 Å². The van der Waals surface area contributed by atoms with Crippen molar-refractivity contribution in [2.45, 2.75) is 4.90 Å². The van der Waals surface area contributed by atoms with Crippen molar-refractivity contribution >= 4 is 21.6 Å². The molecule has 9 heteroatoms. The highest BCUT2D eigenvalue weighted by Gasteiger charge is 2.09. The molecule has 2 N–H and O–H groups in total. The summed E-state index contributed by atoms with van der Waals surface area (Å²) in [5.41, 5.74) is 0.282. The Kier molecular flexibility index (Phi) is 3.40. The van der Waals surface area contributed by atoms with Crippen LogP contribution in [0.15, 0.2) is 29.2 Å². The summed E-state index contributed by atoms with van der Waals surface area (Å²) < 4.78 is 55.8. The topological polar surface area (TPSA) is 92.2 Å². The first-order valence-corrected chi connectivity index (χ1v) is 6.25. The van der Waals surface area contributed by atoms with Gasteiger partial charge in [0, 0.05) is 17.8 Å². The van der Waals surface area contributed by atoms with E-state index in [-0.39, 0.29) is 11.5 Å². The predicted octanol–water partition coefficient (Wildman–Crippen LogP) is 1.55. The fourth-order valence-electron chi connectivity index (χ4n) is 1.25. The molecular formula is C10H6F2N3O3S. The Morgan fingerprint density at radius 2 is 2.00 bits per heavy atom. The molecule has 0 saturated carbocycles. The Morgan fingerprint density at radius 1 is 1.26 bits per heavy atom. The summed E-state index contributed by atoms with van der Waals surface area (Å²) in [6, 6.07) is 6.69. The maximum atomic E-state index is 12.8. The van der Waals surface area contributed by atoms with E-state index in [1.807, 2.05) is 0 Å². The molecule has 19 heavy (non-hydrogen) atoms. The minimum absolute atomic E-state index is 0.141. The molecule has 0 amide bonds. The number of hydrogen-bond acceptors (Lipinski definition) is 5. The van der Waals surface area contributed by atoms with Gasteiger partial charge in [-0.1, -0.05) is 0 Å². The molecule has 0 saturated heterocycles. The van der Waals surface area contributed by atoms with Crippen LogP contribution in [0.3, 0.4) is 0 Å². The van der Waals surface area contributed by atoms with Gasteiger partial charge in [-0.3, -0.25) is 4.55 Å². The van der Waals surface area contributed by atoms with Gasteiger partial charge in [0.15, 0.2) is 0 Å². The predicted molar refractivity (Wildman–Crippen MR) is 60.3 cm³/mol. The molecule has 2 aromatic rings. The lowest BCUT2D eigenvalue weighted by Crippen LogP contribution is -2.01. The number of halogens is 2. The summed E-state index contributed by atoms with van der Waals surface area (Å²) in [7, 11) is -4.33. The normalized spacial score (nSPS) is 11.3. The van der Waals surface area contributed by atoms with E-state index < -0.39 is 27.0 Å². The molecule has 1 radical (unpaired) electrons. The van der Waals surface area contributed by atoms with Crippen LogP contribution in [0, 0.1) is 18.1 Å². The van der Waals surface area contributed by atoms with Gasteiger partial charge in [-0.2, -0.15) is 27.2 Å². The average Bonchev–Trinajstić information content (AvgIpc) is 2.26. The van der Waals surface area contributed by atoms with Gasteiger partial charge >= 0.3 is 6.08 Å². The summed E-state index contributed by atoms with van der Waals surface area (Å²) in [6.07, 6.45) is -1.24. The summed E-state index contributed by atoms with van der Waals surface area (Å²) in [4.78, 5) is 5.69. The molecule has 0 unspecified atom stereocenters. The maximum Gasteiger partial charge on any atom is 0.313 e. The fraction of sp³-hybridized carbons (Fsp3) is 0. The van der Waals surface area contributed by atoms with E-state index in [2.05, 4.69) is 21.4 Å². The van der Waals surface area contributed by atoms with Gasteiger partial charge < -0.3 is 5.32 Å². The molecule has 6 nitrogen and oxygen atoms in total. The Bertz CT molecular complexity index is 684. The molecule has 0 spiro atoms. The second kappa shape index (κ2) is 4.86. The SMILES string of the molecule is O=S(=O)(O)c1[c]cc(Nc2cc(F)nc(F)n2)cc1. The molecular weight excluding hydrogens is 280 g/mol. The third-order valence-electron chi connectivity index (χ3n) is 2.00. The number of anilines is 2. The van der Waals surface area contributed by atoms with Gasteiger partial charge in [-0.05, 0) is 18.2 Å². The number of hydrogen-bond donors (Lipinski definition) is 2. The molecule has 1 aromatic carbocycles. The monoisotopic (exact) mass is 286 g/mol. The highest BCUT2D eigenvalue weighted by molar-refractivity contribution is 7.85. The number of aromatic nitrogens is 2. The molecule has 0 aliphatic heterocycles. The summed E-state index contributed by atoms with van der Waals surface area (Å²) in [6.45, 7) is 0. The molecule has 0 aliphatic rings. The lowest BCUT2D eigenvalue weighted by molar-refractivity contribution is 0.482. The molecule has 1 heterocycles. The third-order valence-corrected chi connectivity index (χ3v) is 2.81. The minimum Gasteiger partial charge on any atom is -0.340 e. The van der Waals surface area contributed by atoms with E-state index in [9.17, 15) is 17.2 Å². The molecule has 0 bridgehead atoms. The number of nitrogens with zero attached hydrogens (tertiary/aromatic N) is 2. The lowest BCUT2D eigenvalue weighted by Gasteiger charge is -2.05. The lowest BCUT2D eigenvalue weighted by atomic mass is 10.3. The number of nitrogens with one attached hydrogen (secondary N) is 1. The van der Waals surface area contributed by atoms with Gasteiger partial charge in [0.2, 0.25) is 5.95 Å². The van der Waals surface area contributed by atoms with E-state index in [0.29, 0.717) is 0 Å². The van der Waals surface area contributed by atoms with Gasteiger partial charge in [-0.15, -0.1) is 0 Å². The van der Waals surface area contributed by atoms with Crippen molar-refractivity contribution in [2.24, 2.45) is 0 Å². The highest BCUT2D eigenvalue weighted by Crippen LogP contribution is 2.17. The smallest absolute Gasteiger partial charge is 0.313 e. The van der Waals surface area contributed by atoms with Crippen LogP contribution >= 0.6 is 0 Å². The first-order valence-electron chi connectivity index (χ1n) is 4.81. The van der Waals surface area contributed by atoms with E-state index in [1.165, 1.54) is 12.1 Å². The van der Waals surface area contributed by atoms with Crippen LogP contribution in [0.5, 0.6) is 0 Å². The zero-order chi connectivity index (χ0) is 14.0. The first kappa shape index (κ1) is 13.3. The van der Waals surface area contributed by atoms with Crippen LogP contribution in [-0.4, -0.2) is 22.9 Å². The van der Waals surface area contributed by atoms with Crippen molar-refractivity contribution < 1.29 is 21.8 Å². The second-order valence-corrected chi connectivity index (χ2v) is 4.78. The zero-order valence-electron chi connectivity index (χ0n) is 9.13.